The standard InChI is InChI=1S/C18H17BrN4O/c1-12(20)13-3-2-4-16(9-13)22-18(24)14-10-21-23(11-14)17-7-5-15(19)6-8-17/h2-12H,20H2,1H3,(H,22,24)/t12-/m1/s1. The minimum atomic E-state index is -0.208. The van der Waals surface area contributed by atoms with Crippen LogP contribution in [0, 0.1) is 0 Å². The van der Waals surface area contributed by atoms with E-state index < -0.39 is 0 Å². The minimum absolute atomic E-state index is 0.0815. The van der Waals surface area contributed by atoms with Crippen LogP contribution in [0.2, 0.25) is 0 Å². The lowest BCUT2D eigenvalue weighted by atomic mass is 10.1. The summed E-state index contributed by atoms with van der Waals surface area (Å²) in [6, 6.07) is 15.1. The molecule has 1 amide bonds. The Hall–Kier alpha value is -2.44. The van der Waals surface area contributed by atoms with Crippen molar-refractivity contribution in [3.05, 3.63) is 76.5 Å². The van der Waals surface area contributed by atoms with Crippen LogP contribution in [0.4, 0.5) is 5.69 Å². The highest BCUT2D eigenvalue weighted by Gasteiger charge is 2.10. The van der Waals surface area contributed by atoms with E-state index in [0.717, 1.165) is 15.7 Å². The number of nitrogens with zero attached hydrogens (tertiary/aromatic N) is 2. The maximum atomic E-state index is 12.4. The summed E-state index contributed by atoms with van der Waals surface area (Å²) in [5.74, 6) is -0.208. The molecule has 0 fully saturated rings. The lowest BCUT2D eigenvalue weighted by Crippen LogP contribution is -2.12. The van der Waals surface area contributed by atoms with E-state index in [9.17, 15) is 4.79 Å². The third-order valence-electron chi connectivity index (χ3n) is 3.61. The first kappa shape index (κ1) is 16.4. The number of carbonyl (C=O) groups excluding carboxylic acids is 1. The number of hydrogen-bond donors (Lipinski definition) is 2. The Balaban J connectivity index is 1.76. The predicted molar refractivity (Wildman–Crippen MR) is 98.3 cm³/mol. The molecule has 122 valence electrons. The monoisotopic (exact) mass is 384 g/mol. The fourth-order valence-corrected chi connectivity index (χ4v) is 2.54. The zero-order chi connectivity index (χ0) is 17.1. The van der Waals surface area contributed by atoms with Gasteiger partial charge < -0.3 is 11.1 Å². The van der Waals surface area contributed by atoms with Crippen LogP contribution in [-0.2, 0) is 0 Å². The molecule has 0 spiro atoms. The van der Waals surface area contributed by atoms with Crippen molar-refractivity contribution in [2.24, 2.45) is 5.73 Å². The number of nitrogens with two attached hydrogens (primary N) is 1. The van der Waals surface area contributed by atoms with Crippen molar-refractivity contribution >= 4 is 27.5 Å². The Morgan fingerprint density at radius 3 is 2.71 bits per heavy atom. The summed E-state index contributed by atoms with van der Waals surface area (Å²) in [5.41, 5.74) is 8.93. The molecule has 1 aromatic heterocycles. The van der Waals surface area contributed by atoms with Crippen LogP contribution in [-0.4, -0.2) is 15.7 Å². The lowest BCUT2D eigenvalue weighted by Gasteiger charge is -2.09. The van der Waals surface area contributed by atoms with Gasteiger partial charge in [0, 0.05) is 22.4 Å². The second kappa shape index (κ2) is 6.98. The lowest BCUT2D eigenvalue weighted by molar-refractivity contribution is 0.102. The van der Waals surface area contributed by atoms with E-state index in [-0.39, 0.29) is 11.9 Å². The SMILES string of the molecule is C[C@@H](N)c1cccc(NC(=O)c2cnn(-c3ccc(Br)cc3)c2)c1. The topological polar surface area (TPSA) is 72.9 Å². The van der Waals surface area contributed by atoms with Gasteiger partial charge in [0.05, 0.1) is 17.4 Å². The number of carbonyl (C=O) groups is 1. The quantitative estimate of drug-likeness (QED) is 0.715. The number of amides is 1. The first-order chi connectivity index (χ1) is 11.5. The van der Waals surface area contributed by atoms with Crippen LogP contribution in [0.3, 0.4) is 0 Å². The van der Waals surface area contributed by atoms with Crippen molar-refractivity contribution in [2.45, 2.75) is 13.0 Å². The predicted octanol–water partition coefficient (Wildman–Crippen LogP) is 3.91. The molecule has 24 heavy (non-hydrogen) atoms. The normalized spacial score (nSPS) is 12.0. The van der Waals surface area contributed by atoms with Crippen molar-refractivity contribution < 1.29 is 4.79 Å². The van der Waals surface area contributed by atoms with Crippen molar-refractivity contribution in [1.82, 2.24) is 9.78 Å². The van der Waals surface area contributed by atoms with E-state index in [2.05, 4.69) is 26.3 Å². The van der Waals surface area contributed by atoms with Crippen LogP contribution in [0.25, 0.3) is 5.69 Å². The number of aromatic nitrogens is 2. The van der Waals surface area contributed by atoms with Gasteiger partial charge >= 0.3 is 0 Å². The number of nitrogens with one attached hydrogen (secondary N) is 1. The fourth-order valence-electron chi connectivity index (χ4n) is 2.28. The van der Waals surface area contributed by atoms with Crippen molar-refractivity contribution in [2.75, 3.05) is 5.32 Å². The molecule has 6 heteroatoms. The maximum absolute atomic E-state index is 12.4. The van der Waals surface area contributed by atoms with Gasteiger partial charge in [-0.15, -0.1) is 0 Å². The zero-order valence-electron chi connectivity index (χ0n) is 13.1. The summed E-state index contributed by atoms with van der Waals surface area (Å²) >= 11 is 3.40. The Labute approximate surface area is 148 Å². The highest BCUT2D eigenvalue weighted by Crippen LogP contribution is 2.17. The number of rotatable bonds is 4. The first-order valence-corrected chi connectivity index (χ1v) is 8.30. The molecular formula is C18H17BrN4O. The first-order valence-electron chi connectivity index (χ1n) is 7.50. The number of benzene rings is 2. The molecule has 5 nitrogen and oxygen atoms in total. The molecule has 3 rings (SSSR count). The van der Waals surface area contributed by atoms with E-state index in [0.29, 0.717) is 11.3 Å². The van der Waals surface area contributed by atoms with E-state index >= 15 is 0 Å². The van der Waals surface area contributed by atoms with Crippen LogP contribution in [0.1, 0.15) is 28.9 Å². The summed E-state index contributed by atoms with van der Waals surface area (Å²) in [6.45, 7) is 1.91. The number of anilines is 1. The molecule has 0 radical (unpaired) electrons. The summed E-state index contributed by atoms with van der Waals surface area (Å²) < 4.78 is 2.66. The second-order valence-electron chi connectivity index (χ2n) is 5.52. The summed E-state index contributed by atoms with van der Waals surface area (Å²) in [4.78, 5) is 12.4. The van der Waals surface area contributed by atoms with Crippen LogP contribution >= 0.6 is 15.9 Å². The van der Waals surface area contributed by atoms with Gasteiger partial charge in [-0.25, -0.2) is 4.68 Å². The Morgan fingerprint density at radius 2 is 2.00 bits per heavy atom. The molecular weight excluding hydrogens is 368 g/mol. The Morgan fingerprint density at radius 1 is 1.25 bits per heavy atom. The van der Waals surface area contributed by atoms with Gasteiger partial charge in [0.25, 0.3) is 5.91 Å². The van der Waals surface area contributed by atoms with Gasteiger partial charge in [-0.2, -0.15) is 5.10 Å². The molecule has 0 saturated carbocycles. The molecule has 0 saturated heterocycles. The van der Waals surface area contributed by atoms with Gasteiger partial charge in [0.1, 0.15) is 0 Å². The Bertz CT molecular complexity index is 855. The number of hydrogen-bond acceptors (Lipinski definition) is 3. The smallest absolute Gasteiger partial charge is 0.258 e. The van der Waals surface area contributed by atoms with Gasteiger partial charge in [0.2, 0.25) is 0 Å². The van der Waals surface area contributed by atoms with Crippen molar-refractivity contribution in [1.29, 1.82) is 0 Å². The Kier molecular flexibility index (Phi) is 4.78. The van der Waals surface area contributed by atoms with Crippen LogP contribution in [0.5, 0.6) is 0 Å². The third kappa shape index (κ3) is 3.72. The number of halogens is 1. The molecule has 0 aliphatic rings. The molecule has 3 aromatic rings. The van der Waals surface area contributed by atoms with E-state index in [1.807, 2.05) is 55.5 Å². The maximum Gasteiger partial charge on any atom is 0.258 e. The third-order valence-corrected chi connectivity index (χ3v) is 4.13. The van der Waals surface area contributed by atoms with Crippen molar-refractivity contribution in [3.63, 3.8) is 0 Å². The summed E-state index contributed by atoms with van der Waals surface area (Å²) in [6.07, 6.45) is 3.25. The molecule has 0 aliphatic carbocycles. The van der Waals surface area contributed by atoms with E-state index in [4.69, 9.17) is 5.73 Å². The zero-order valence-corrected chi connectivity index (χ0v) is 14.7. The molecule has 0 bridgehead atoms. The molecule has 0 aliphatic heterocycles. The largest absolute Gasteiger partial charge is 0.324 e. The fraction of sp³-hybridized carbons (Fsp3) is 0.111. The average Bonchev–Trinajstić information content (AvgIpc) is 3.06. The van der Waals surface area contributed by atoms with E-state index in [1.54, 1.807) is 17.1 Å². The van der Waals surface area contributed by atoms with Gasteiger partial charge in [-0.05, 0) is 48.9 Å². The van der Waals surface area contributed by atoms with Gasteiger partial charge in [-0.1, -0.05) is 28.1 Å². The molecule has 1 heterocycles. The molecule has 1 atom stereocenters. The highest BCUT2D eigenvalue weighted by molar-refractivity contribution is 9.10. The van der Waals surface area contributed by atoms with Crippen molar-refractivity contribution in [3.8, 4) is 5.69 Å². The average molecular weight is 385 g/mol. The van der Waals surface area contributed by atoms with Crippen LogP contribution in [0.15, 0.2) is 65.4 Å². The second-order valence-corrected chi connectivity index (χ2v) is 6.43. The minimum Gasteiger partial charge on any atom is -0.324 e. The summed E-state index contributed by atoms with van der Waals surface area (Å²) in [7, 11) is 0. The van der Waals surface area contributed by atoms with Gasteiger partial charge in [-0.3, -0.25) is 4.79 Å². The molecule has 0 unspecified atom stereocenters. The summed E-state index contributed by atoms with van der Waals surface area (Å²) in [5, 5.41) is 7.12. The molecule has 3 N–H and O–H groups in total. The van der Waals surface area contributed by atoms with E-state index in [1.165, 1.54) is 0 Å². The molecule has 2 aromatic carbocycles. The highest BCUT2D eigenvalue weighted by atomic mass is 79.9. The van der Waals surface area contributed by atoms with Crippen LogP contribution < -0.4 is 11.1 Å². The van der Waals surface area contributed by atoms with Gasteiger partial charge in [0.15, 0.2) is 0 Å².